The number of aryl methyl sites for hydroxylation is 1. The molecule has 0 fully saturated rings. The molecule has 1 amide bonds. The number of hydrogen-bond donors (Lipinski definition) is 2. The van der Waals surface area contributed by atoms with Crippen LogP contribution in [0.25, 0.3) is 0 Å². The summed E-state index contributed by atoms with van der Waals surface area (Å²) in [5.74, 6) is 0.702. The van der Waals surface area contributed by atoms with Gasteiger partial charge in [0.2, 0.25) is 15.9 Å². The van der Waals surface area contributed by atoms with Gasteiger partial charge in [-0.25, -0.2) is 13.1 Å². The average molecular weight is 418 g/mol. The van der Waals surface area contributed by atoms with Crippen molar-refractivity contribution in [1.29, 1.82) is 0 Å². The van der Waals surface area contributed by atoms with Crippen LogP contribution in [0.2, 0.25) is 0 Å². The summed E-state index contributed by atoms with van der Waals surface area (Å²) in [5.41, 5.74) is 3.33. The molecule has 1 heterocycles. The summed E-state index contributed by atoms with van der Waals surface area (Å²) in [5, 5.41) is 2.66. The van der Waals surface area contributed by atoms with E-state index < -0.39 is 10.0 Å². The molecule has 2 aromatic carbocycles. The second kappa shape index (κ2) is 8.52. The Bertz CT molecular complexity index is 1020. The largest absolute Gasteiger partial charge is 0.493 e. The lowest BCUT2D eigenvalue weighted by Crippen LogP contribution is -2.34. The molecule has 156 valence electrons. The van der Waals surface area contributed by atoms with Gasteiger partial charge >= 0.3 is 0 Å². The van der Waals surface area contributed by atoms with Crippen molar-refractivity contribution in [2.45, 2.75) is 31.2 Å². The fraction of sp³-hybridized carbons (Fsp3) is 0.381. The minimum atomic E-state index is -3.70. The highest BCUT2D eigenvalue weighted by molar-refractivity contribution is 7.89. The average Bonchev–Trinajstić information content (AvgIpc) is 3.08. The van der Waals surface area contributed by atoms with Crippen molar-refractivity contribution in [2.24, 2.45) is 0 Å². The smallest absolute Gasteiger partial charge is 0.240 e. The SMILES string of the molecule is CC(=O)Nc1ccc(S(=O)(=O)NCC(c2ccc3c(c2)CCO3)N(C)C)c(C)c1. The number of likely N-dealkylation sites (N-methyl/N-ethyl adjacent to an activating group) is 1. The molecule has 0 bridgehead atoms. The molecule has 0 saturated heterocycles. The number of carbonyl (C=O) groups excluding carboxylic acids is 1. The van der Waals surface area contributed by atoms with Gasteiger partial charge in [0.25, 0.3) is 0 Å². The van der Waals surface area contributed by atoms with Crippen LogP contribution in [0.5, 0.6) is 5.75 Å². The minimum absolute atomic E-state index is 0.116. The number of anilines is 1. The molecule has 1 unspecified atom stereocenters. The zero-order valence-corrected chi connectivity index (χ0v) is 18.0. The molecule has 0 aliphatic carbocycles. The standard InChI is InChI=1S/C21H27N3O4S/c1-14-11-18(23-15(2)25)6-8-21(14)29(26,27)22-13-19(24(3)4)16-5-7-20-17(12-16)9-10-28-20/h5-8,11-12,19,22H,9-10,13H2,1-4H3,(H,23,25). The molecule has 1 aliphatic rings. The zero-order valence-electron chi connectivity index (χ0n) is 17.2. The lowest BCUT2D eigenvalue weighted by molar-refractivity contribution is -0.114. The van der Waals surface area contributed by atoms with E-state index in [-0.39, 0.29) is 23.4 Å². The molecule has 2 aromatic rings. The highest BCUT2D eigenvalue weighted by Gasteiger charge is 2.23. The van der Waals surface area contributed by atoms with Crippen LogP contribution in [0.15, 0.2) is 41.3 Å². The predicted molar refractivity (Wildman–Crippen MR) is 113 cm³/mol. The second-order valence-corrected chi connectivity index (χ2v) is 9.19. The maximum atomic E-state index is 12.9. The van der Waals surface area contributed by atoms with Crippen molar-refractivity contribution >= 4 is 21.6 Å². The Labute approximate surface area is 172 Å². The van der Waals surface area contributed by atoms with E-state index in [1.165, 1.54) is 13.0 Å². The zero-order chi connectivity index (χ0) is 21.2. The first-order chi connectivity index (χ1) is 13.7. The van der Waals surface area contributed by atoms with E-state index in [1.807, 2.05) is 31.1 Å². The van der Waals surface area contributed by atoms with E-state index in [0.717, 1.165) is 23.3 Å². The van der Waals surface area contributed by atoms with Crippen molar-refractivity contribution in [2.75, 3.05) is 32.6 Å². The van der Waals surface area contributed by atoms with Crippen LogP contribution in [0, 0.1) is 6.92 Å². The lowest BCUT2D eigenvalue weighted by atomic mass is 10.0. The van der Waals surface area contributed by atoms with Crippen LogP contribution in [-0.2, 0) is 21.2 Å². The van der Waals surface area contributed by atoms with Gasteiger partial charge in [0.1, 0.15) is 5.75 Å². The number of amides is 1. The Morgan fingerprint density at radius 2 is 1.97 bits per heavy atom. The summed E-state index contributed by atoms with van der Waals surface area (Å²) in [6.07, 6.45) is 0.870. The number of nitrogens with zero attached hydrogens (tertiary/aromatic N) is 1. The number of nitrogens with one attached hydrogen (secondary N) is 2. The molecule has 2 N–H and O–H groups in total. The highest BCUT2D eigenvalue weighted by Crippen LogP contribution is 2.29. The van der Waals surface area contributed by atoms with Gasteiger partial charge in [-0.2, -0.15) is 0 Å². The monoisotopic (exact) mass is 417 g/mol. The Hall–Kier alpha value is -2.42. The number of rotatable bonds is 7. The van der Waals surface area contributed by atoms with Gasteiger partial charge in [-0.3, -0.25) is 4.79 Å². The van der Waals surface area contributed by atoms with Crippen molar-refractivity contribution < 1.29 is 17.9 Å². The van der Waals surface area contributed by atoms with Gasteiger partial charge in [0.05, 0.1) is 11.5 Å². The topological polar surface area (TPSA) is 87.7 Å². The molecule has 0 radical (unpaired) electrons. The third-order valence-electron chi connectivity index (χ3n) is 4.97. The third-order valence-corrected chi connectivity index (χ3v) is 6.56. The lowest BCUT2D eigenvalue weighted by Gasteiger charge is -2.25. The van der Waals surface area contributed by atoms with Crippen LogP contribution < -0.4 is 14.8 Å². The first-order valence-corrected chi connectivity index (χ1v) is 11.0. The number of ether oxygens (including phenoxy) is 1. The van der Waals surface area contributed by atoms with E-state index in [9.17, 15) is 13.2 Å². The Morgan fingerprint density at radius 3 is 2.62 bits per heavy atom. The molecule has 1 aliphatic heterocycles. The molecule has 0 saturated carbocycles. The molecule has 8 heteroatoms. The Morgan fingerprint density at radius 1 is 1.21 bits per heavy atom. The number of hydrogen-bond acceptors (Lipinski definition) is 5. The van der Waals surface area contributed by atoms with Gasteiger partial charge in [-0.1, -0.05) is 12.1 Å². The summed E-state index contributed by atoms with van der Waals surface area (Å²) in [4.78, 5) is 13.4. The van der Waals surface area contributed by atoms with E-state index in [0.29, 0.717) is 17.9 Å². The normalized spacial score (nSPS) is 14.4. The van der Waals surface area contributed by atoms with Gasteiger partial charge in [0, 0.05) is 31.6 Å². The number of benzene rings is 2. The third kappa shape index (κ3) is 4.95. The molecule has 29 heavy (non-hydrogen) atoms. The number of fused-ring (bicyclic) bond motifs is 1. The summed E-state index contributed by atoms with van der Waals surface area (Å²) >= 11 is 0. The Balaban J connectivity index is 1.78. The van der Waals surface area contributed by atoms with Crippen LogP contribution in [0.1, 0.15) is 29.7 Å². The van der Waals surface area contributed by atoms with Gasteiger partial charge in [-0.15, -0.1) is 0 Å². The van der Waals surface area contributed by atoms with Crippen LogP contribution in [-0.4, -0.2) is 46.5 Å². The maximum absolute atomic E-state index is 12.9. The molecule has 3 rings (SSSR count). The van der Waals surface area contributed by atoms with Crippen LogP contribution in [0.3, 0.4) is 0 Å². The predicted octanol–water partition coefficient (Wildman–Crippen LogP) is 2.47. The highest BCUT2D eigenvalue weighted by atomic mass is 32.2. The summed E-state index contributed by atoms with van der Waals surface area (Å²) in [6.45, 7) is 4.05. The maximum Gasteiger partial charge on any atom is 0.240 e. The number of carbonyl (C=O) groups is 1. The Kier molecular flexibility index (Phi) is 6.26. The summed E-state index contributed by atoms with van der Waals surface area (Å²) in [6, 6.07) is 10.7. The van der Waals surface area contributed by atoms with E-state index >= 15 is 0 Å². The molecule has 1 atom stereocenters. The van der Waals surface area contributed by atoms with Crippen molar-refractivity contribution in [1.82, 2.24) is 9.62 Å². The van der Waals surface area contributed by atoms with E-state index in [4.69, 9.17) is 4.74 Å². The van der Waals surface area contributed by atoms with Crippen molar-refractivity contribution in [3.63, 3.8) is 0 Å². The number of sulfonamides is 1. The van der Waals surface area contributed by atoms with Crippen molar-refractivity contribution in [3.8, 4) is 5.75 Å². The van der Waals surface area contributed by atoms with Crippen molar-refractivity contribution in [3.05, 3.63) is 53.1 Å². The first kappa shape index (κ1) is 21.3. The van der Waals surface area contributed by atoms with Crippen LogP contribution >= 0.6 is 0 Å². The summed E-state index contributed by atoms with van der Waals surface area (Å²) < 4.78 is 34.1. The molecular formula is C21H27N3O4S. The van der Waals surface area contributed by atoms with E-state index in [2.05, 4.69) is 16.1 Å². The first-order valence-electron chi connectivity index (χ1n) is 9.47. The molecular weight excluding hydrogens is 390 g/mol. The fourth-order valence-electron chi connectivity index (χ4n) is 3.51. The van der Waals surface area contributed by atoms with E-state index in [1.54, 1.807) is 19.1 Å². The fourth-order valence-corrected chi connectivity index (χ4v) is 4.77. The van der Waals surface area contributed by atoms with Crippen LogP contribution in [0.4, 0.5) is 5.69 Å². The minimum Gasteiger partial charge on any atom is -0.493 e. The van der Waals surface area contributed by atoms with Gasteiger partial charge in [-0.05, 0) is 62.0 Å². The quantitative estimate of drug-likeness (QED) is 0.723. The molecule has 0 spiro atoms. The molecule has 0 aromatic heterocycles. The summed E-state index contributed by atoms with van der Waals surface area (Å²) in [7, 11) is 0.155. The van der Waals surface area contributed by atoms with Gasteiger partial charge in [0.15, 0.2) is 0 Å². The van der Waals surface area contributed by atoms with Gasteiger partial charge < -0.3 is 15.0 Å². The molecule has 7 nitrogen and oxygen atoms in total. The second-order valence-electron chi connectivity index (χ2n) is 7.46.